The molecular formula is C43H64N4O2. The van der Waals surface area contributed by atoms with E-state index in [4.69, 9.17) is 16.6 Å². The van der Waals surface area contributed by atoms with Gasteiger partial charge in [-0.2, -0.15) is 0 Å². The van der Waals surface area contributed by atoms with Gasteiger partial charge in [0.2, 0.25) is 0 Å². The number of para-hydroxylation sites is 3. The van der Waals surface area contributed by atoms with Gasteiger partial charge in [0, 0.05) is 23.6 Å². The van der Waals surface area contributed by atoms with Crippen LogP contribution in [0, 0.1) is 0 Å². The van der Waals surface area contributed by atoms with Crippen LogP contribution in [0.2, 0.25) is 0 Å². The molecule has 6 nitrogen and oxygen atoms in total. The number of rotatable bonds is 19. The van der Waals surface area contributed by atoms with Crippen LogP contribution in [-0.2, 0) is 11.3 Å². The quantitative estimate of drug-likeness (QED) is 0.0738. The monoisotopic (exact) mass is 669 g/mol. The van der Waals surface area contributed by atoms with Crippen molar-refractivity contribution in [3.05, 3.63) is 127 Å². The highest BCUT2D eigenvalue weighted by molar-refractivity contribution is 5.76. The van der Waals surface area contributed by atoms with Crippen molar-refractivity contribution >= 4 is 23.0 Å². The van der Waals surface area contributed by atoms with E-state index in [2.05, 4.69) is 90.4 Å². The second-order valence-corrected chi connectivity index (χ2v) is 12.0. The SMILES string of the molecule is CCCCCCCCCCCCCCCCN.NCC(=O)O.NCc1ccccc1.c1ccc(N(c2ccccc2)c2ccccc2)cc1. The standard InChI is InChI=1S/C18H15N.C16H35N.C7H9N.C2H5NO2/c1-4-10-16(11-5-1)19(17-12-6-2-7-13-17)18-14-8-3-9-15-18;1-2-3-4-5-6-7-8-9-10-11-12-13-14-15-16-17;8-6-7-4-2-1-3-5-7;3-1-2(4)5/h1-15H;2-17H2,1H3;1-5H,6,8H2;1,3H2,(H,4,5). The third-order valence-corrected chi connectivity index (χ3v) is 7.85. The molecule has 0 spiro atoms. The summed E-state index contributed by atoms with van der Waals surface area (Å²) < 4.78 is 0. The number of hydrogen-bond donors (Lipinski definition) is 4. The predicted molar refractivity (Wildman–Crippen MR) is 212 cm³/mol. The lowest BCUT2D eigenvalue weighted by Gasteiger charge is -2.25. The summed E-state index contributed by atoms with van der Waals surface area (Å²) in [5.41, 5.74) is 20.1. The molecule has 0 radical (unpaired) electrons. The number of anilines is 3. The average molecular weight is 669 g/mol. The summed E-state index contributed by atoms with van der Waals surface area (Å²) >= 11 is 0. The zero-order valence-corrected chi connectivity index (χ0v) is 30.1. The molecule has 0 saturated heterocycles. The average Bonchev–Trinajstić information content (AvgIpc) is 3.16. The number of unbranched alkanes of at least 4 members (excludes halogenated alkanes) is 13. The van der Waals surface area contributed by atoms with Crippen molar-refractivity contribution in [1.29, 1.82) is 0 Å². The smallest absolute Gasteiger partial charge is 0.317 e. The van der Waals surface area contributed by atoms with Gasteiger partial charge in [0.25, 0.3) is 0 Å². The van der Waals surface area contributed by atoms with Crippen LogP contribution in [-0.4, -0.2) is 24.2 Å². The second-order valence-electron chi connectivity index (χ2n) is 12.0. The molecule has 0 heterocycles. The highest BCUT2D eigenvalue weighted by Crippen LogP contribution is 2.33. The molecule has 0 bridgehead atoms. The highest BCUT2D eigenvalue weighted by atomic mass is 16.4. The summed E-state index contributed by atoms with van der Waals surface area (Å²) in [5, 5.41) is 7.60. The lowest BCUT2D eigenvalue weighted by atomic mass is 10.0. The Labute approximate surface area is 297 Å². The summed E-state index contributed by atoms with van der Waals surface area (Å²) in [5.74, 6) is -0.968. The van der Waals surface area contributed by atoms with Crippen LogP contribution in [0.25, 0.3) is 0 Å². The van der Waals surface area contributed by atoms with E-state index in [0.29, 0.717) is 6.54 Å². The van der Waals surface area contributed by atoms with E-state index in [1.54, 1.807) is 0 Å². The van der Waals surface area contributed by atoms with Gasteiger partial charge in [-0.3, -0.25) is 4.79 Å². The van der Waals surface area contributed by atoms with Crippen molar-refractivity contribution in [3.8, 4) is 0 Å². The summed E-state index contributed by atoms with van der Waals surface area (Å²) in [7, 11) is 0. The minimum absolute atomic E-state index is 0.278. The Bertz CT molecular complexity index is 1150. The molecule has 7 N–H and O–H groups in total. The Morgan fingerprint density at radius 1 is 0.490 bits per heavy atom. The topological polar surface area (TPSA) is 119 Å². The molecule has 0 unspecified atom stereocenters. The fourth-order valence-electron chi connectivity index (χ4n) is 5.13. The maximum Gasteiger partial charge on any atom is 0.317 e. The molecule has 0 amide bonds. The Morgan fingerprint density at radius 2 is 0.776 bits per heavy atom. The molecular weight excluding hydrogens is 604 g/mol. The fraction of sp³-hybridized carbons (Fsp3) is 0.419. The van der Waals surface area contributed by atoms with Crippen molar-refractivity contribution in [1.82, 2.24) is 0 Å². The van der Waals surface area contributed by atoms with Crippen LogP contribution < -0.4 is 22.1 Å². The molecule has 268 valence electrons. The lowest BCUT2D eigenvalue weighted by Crippen LogP contribution is -2.10. The number of carboxylic acid groups (broad SMARTS) is 1. The minimum atomic E-state index is -0.968. The van der Waals surface area contributed by atoms with Crippen molar-refractivity contribution in [2.75, 3.05) is 18.0 Å². The predicted octanol–water partition coefficient (Wildman–Crippen LogP) is 10.8. The van der Waals surface area contributed by atoms with E-state index < -0.39 is 5.97 Å². The third kappa shape index (κ3) is 23.1. The van der Waals surface area contributed by atoms with Gasteiger partial charge in [0.1, 0.15) is 0 Å². The largest absolute Gasteiger partial charge is 0.480 e. The Balaban J connectivity index is 0.000000364. The molecule has 4 aromatic carbocycles. The maximum absolute atomic E-state index is 9.24. The van der Waals surface area contributed by atoms with Crippen molar-refractivity contribution in [3.63, 3.8) is 0 Å². The number of aliphatic carboxylic acids is 1. The van der Waals surface area contributed by atoms with Gasteiger partial charge >= 0.3 is 5.97 Å². The summed E-state index contributed by atoms with van der Waals surface area (Å²) in [6.07, 6.45) is 19.9. The Hall–Kier alpha value is -3.97. The van der Waals surface area contributed by atoms with Crippen molar-refractivity contribution in [2.24, 2.45) is 17.2 Å². The number of nitrogens with two attached hydrogens (primary N) is 3. The molecule has 0 saturated carbocycles. The van der Waals surface area contributed by atoms with Gasteiger partial charge in [0.05, 0.1) is 6.54 Å². The number of carboxylic acids is 1. The third-order valence-electron chi connectivity index (χ3n) is 7.85. The van der Waals surface area contributed by atoms with Crippen molar-refractivity contribution < 1.29 is 9.90 Å². The number of benzene rings is 4. The molecule has 4 aromatic rings. The second kappa shape index (κ2) is 31.3. The van der Waals surface area contributed by atoms with Crippen LogP contribution in [0.15, 0.2) is 121 Å². The summed E-state index contributed by atoms with van der Waals surface area (Å²) in [6.45, 7) is 3.52. The van der Waals surface area contributed by atoms with E-state index in [-0.39, 0.29) is 6.54 Å². The van der Waals surface area contributed by atoms with E-state index in [0.717, 1.165) is 6.54 Å². The maximum atomic E-state index is 9.24. The van der Waals surface area contributed by atoms with Gasteiger partial charge < -0.3 is 27.2 Å². The van der Waals surface area contributed by atoms with Gasteiger partial charge in [0.15, 0.2) is 0 Å². The van der Waals surface area contributed by atoms with Gasteiger partial charge in [-0.1, -0.05) is 175 Å². The van der Waals surface area contributed by atoms with Gasteiger partial charge in [-0.05, 0) is 54.9 Å². The minimum Gasteiger partial charge on any atom is -0.480 e. The molecule has 0 aromatic heterocycles. The van der Waals surface area contributed by atoms with E-state index in [1.807, 2.05) is 48.5 Å². The zero-order valence-electron chi connectivity index (χ0n) is 30.1. The molecule has 0 aliphatic carbocycles. The van der Waals surface area contributed by atoms with Crippen LogP contribution in [0.4, 0.5) is 17.1 Å². The Kier molecular flexibility index (Phi) is 27.5. The van der Waals surface area contributed by atoms with Crippen LogP contribution in [0.3, 0.4) is 0 Å². The van der Waals surface area contributed by atoms with E-state index in [1.165, 1.54) is 113 Å². The van der Waals surface area contributed by atoms with E-state index >= 15 is 0 Å². The normalized spacial score (nSPS) is 9.96. The summed E-state index contributed by atoms with van der Waals surface area (Å²) in [4.78, 5) is 11.5. The lowest BCUT2D eigenvalue weighted by molar-refractivity contribution is -0.135. The number of nitrogens with zero attached hydrogens (tertiary/aromatic N) is 1. The first-order valence-electron chi connectivity index (χ1n) is 18.4. The Morgan fingerprint density at radius 3 is 1.02 bits per heavy atom. The molecule has 49 heavy (non-hydrogen) atoms. The number of hydrogen-bond acceptors (Lipinski definition) is 5. The molecule has 0 aliphatic heterocycles. The first kappa shape index (κ1) is 43.1. The zero-order chi connectivity index (χ0) is 35.6. The number of carbonyl (C=O) groups is 1. The molecule has 0 atom stereocenters. The first-order valence-corrected chi connectivity index (χ1v) is 18.4. The molecule has 6 heteroatoms. The highest BCUT2D eigenvalue weighted by Gasteiger charge is 2.10. The fourth-order valence-corrected chi connectivity index (χ4v) is 5.13. The van der Waals surface area contributed by atoms with Crippen molar-refractivity contribution in [2.45, 2.75) is 103 Å². The van der Waals surface area contributed by atoms with Gasteiger partial charge in [-0.15, -0.1) is 0 Å². The van der Waals surface area contributed by atoms with Crippen LogP contribution >= 0.6 is 0 Å². The van der Waals surface area contributed by atoms with E-state index in [9.17, 15) is 4.79 Å². The molecule has 0 fully saturated rings. The molecule has 0 aliphatic rings. The van der Waals surface area contributed by atoms with Gasteiger partial charge in [-0.25, -0.2) is 0 Å². The summed E-state index contributed by atoms with van der Waals surface area (Å²) in [6, 6.07) is 41.2. The molecule has 4 rings (SSSR count). The van der Waals surface area contributed by atoms with Crippen LogP contribution in [0.1, 0.15) is 102 Å². The van der Waals surface area contributed by atoms with Crippen LogP contribution in [0.5, 0.6) is 0 Å². The first-order chi connectivity index (χ1) is 24.1.